The highest BCUT2D eigenvalue weighted by Gasteiger charge is 2.53. The molecule has 1 saturated carbocycles. The van der Waals surface area contributed by atoms with Gasteiger partial charge in [-0.15, -0.1) is 0 Å². The van der Waals surface area contributed by atoms with Gasteiger partial charge in [-0.25, -0.2) is 4.39 Å². The van der Waals surface area contributed by atoms with Crippen molar-refractivity contribution in [3.63, 3.8) is 0 Å². The fourth-order valence-electron chi connectivity index (χ4n) is 5.40. The summed E-state index contributed by atoms with van der Waals surface area (Å²) in [6.45, 7) is -0.399. The van der Waals surface area contributed by atoms with Gasteiger partial charge in [-0.2, -0.15) is 0 Å². The lowest BCUT2D eigenvalue weighted by Crippen LogP contribution is -2.69. The first kappa shape index (κ1) is 28.4. The number of likely N-dealkylation sites (N-methyl/N-ethyl adjacent to an activating group) is 1. The highest BCUT2D eigenvalue weighted by Crippen LogP contribution is 2.35. The number of rotatable bonds is 6. The van der Waals surface area contributed by atoms with Gasteiger partial charge in [-0.05, 0) is 19.9 Å². The highest BCUT2D eigenvalue weighted by atomic mass is 19.1. The molecule has 0 bridgehead atoms. The lowest BCUT2D eigenvalue weighted by molar-refractivity contribution is -0.360. The zero-order valence-corrected chi connectivity index (χ0v) is 20.1. The molecular weight excluding hydrogens is 485 g/mol. The Bertz CT molecular complexity index is 731. The molecule has 16 atom stereocenters. The Morgan fingerprint density at radius 3 is 2.28 bits per heavy atom. The van der Waals surface area contributed by atoms with Gasteiger partial charge in [0.25, 0.3) is 0 Å². The molecule has 14 nitrogen and oxygen atoms in total. The van der Waals surface area contributed by atoms with Crippen LogP contribution in [0.5, 0.6) is 0 Å². The molecule has 13 N–H and O–H groups in total. The molecule has 1 aliphatic carbocycles. The van der Waals surface area contributed by atoms with Gasteiger partial charge in [0, 0.05) is 18.5 Å². The molecule has 0 aromatic heterocycles. The summed E-state index contributed by atoms with van der Waals surface area (Å²) < 4.78 is 44.1. The summed E-state index contributed by atoms with van der Waals surface area (Å²) in [7, 11) is 1.60. The molecule has 3 heterocycles. The minimum atomic E-state index is -1.82. The molecule has 4 aliphatic rings. The average Bonchev–Trinajstić information content (AvgIpc) is 2.83. The smallest absolute Gasteiger partial charge is 0.179 e. The monoisotopic (exact) mass is 525 g/mol. The maximum atomic E-state index is 14.7. The number of aliphatic hydroxyl groups excluding tert-OH is 4. The van der Waals surface area contributed by atoms with Crippen molar-refractivity contribution in [3.05, 3.63) is 0 Å². The summed E-state index contributed by atoms with van der Waals surface area (Å²) in [4.78, 5) is 0. The van der Waals surface area contributed by atoms with Gasteiger partial charge in [0.1, 0.15) is 30.5 Å². The van der Waals surface area contributed by atoms with Crippen molar-refractivity contribution < 1.29 is 48.5 Å². The van der Waals surface area contributed by atoms with Crippen molar-refractivity contribution >= 4 is 0 Å². The van der Waals surface area contributed by atoms with E-state index in [2.05, 4.69) is 5.32 Å². The largest absolute Gasteiger partial charge is 0.394 e. The third-order valence-corrected chi connectivity index (χ3v) is 7.59. The van der Waals surface area contributed by atoms with Gasteiger partial charge in [0.2, 0.25) is 0 Å². The molecule has 0 aromatic carbocycles. The van der Waals surface area contributed by atoms with Crippen molar-refractivity contribution in [2.75, 3.05) is 13.7 Å². The Morgan fingerprint density at radius 1 is 0.889 bits per heavy atom. The van der Waals surface area contributed by atoms with Gasteiger partial charge in [0.05, 0.1) is 36.9 Å². The zero-order chi connectivity index (χ0) is 26.3. The van der Waals surface area contributed by atoms with E-state index >= 15 is 0 Å². The number of ether oxygens (including phenoxy) is 5. The van der Waals surface area contributed by atoms with E-state index in [1.54, 1.807) is 7.05 Å². The number of nitrogens with two attached hydrogens (primary N) is 4. The van der Waals surface area contributed by atoms with Gasteiger partial charge < -0.3 is 72.4 Å². The Hall–Kier alpha value is -0.630. The zero-order valence-electron chi connectivity index (χ0n) is 20.1. The number of hydrogen-bond donors (Lipinski definition) is 9. The van der Waals surface area contributed by atoms with E-state index in [4.69, 9.17) is 46.6 Å². The van der Waals surface area contributed by atoms with E-state index < -0.39 is 105 Å². The van der Waals surface area contributed by atoms with Crippen LogP contribution < -0.4 is 28.3 Å². The fraction of sp³-hybridized carbons (Fsp3) is 1.00. The summed E-state index contributed by atoms with van der Waals surface area (Å²) in [5.74, 6) is 0. The predicted octanol–water partition coefficient (Wildman–Crippen LogP) is -4.94. The summed E-state index contributed by atoms with van der Waals surface area (Å²) in [5.41, 5.74) is 23.9. The molecule has 3 aliphatic heterocycles. The summed E-state index contributed by atoms with van der Waals surface area (Å²) in [5, 5.41) is 43.7. The van der Waals surface area contributed by atoms with Gasteiger partial charge >= 0.3 is 0 Å². The van der Waals surface area contributed by atoms with Crippen LogP contribution in [-0.2, 0) is 23.7 Å². The van der Waals surface area contributed by atoms with E-state index in [9.17, 15) is 24.8 Å². The minimum Gasteiger partial charge on any atom is -0.394 e. The Morgan fingerprint density at radius 2 is 1.61 bits per heavy atom. The van der Waals surface area contributed by atoms with Gasteiger partial charge in [0.15, 0.2) is 25.0 Å². The quantitative estimate of drug-likeness (QED) is 0.158. The molecule has 210 valence electrons. The molecule has 4 fully saturated rings. The number of aliphatic hydroxyl groups is 4. The van der Waals surface area contributed by atoms with Crippen LogP contribution >= 0.6 is 0 Å². The first-order chi connectivity index (χ1) is 17.0. The minimum absolute atomic E-state index is 0.0473. The second kappa shape index (κ2) is 11.6. The predicted molar refractivity (Wildman–Crippen MR) is 121 cm³/mol. The number of alkyl halides is 1. The number of hydrogen-bond acceptors (Lipinski definition) is 14. The van der Waals surface area contributed by atoms with E-state index in [0.29, 0.717) is 0 Å². The standard InChI is InChI=1S/C21H40FN5O9/c1-27-15-17(31)19-10(33-21(15)34-12-4-9(29)14(26)11(5-28)32-12)3-8(25)20(36-19)35-18-7(24)2-6(23)16(30)13(18)22/h6-21,27-31H,2-5,23-26H2,1H3/t6?,7?,8?,9?,10-,11?,12?,13?,14-,15?,16+,17?,18+,19?,20-,21?/m0/s1. The van der Waals surface area contributed by atoms with Crippen LogP contribution in [0.4, 0.5) is 4.39 Å². The summed E-state index contributed by atoms with van der Waals surface area (Å²) in [6.07, 6.45) is -11.6. The van der Waals surface area contributed by atoms with Crippen LogP contribution in [0.25, 0.3) is 0 Å². The van der Waals surface area contributed by atoms with E-state index in [1.165, 1.54) is 0 Å². The van der Waals surface area contributed by atoms with E-state index in [-0.39, 0.29) is 19.3 Å². The van der Waals surface area contributed by atoms with Gasteiger partial charge in [-0.3, -0.25) is 0 Å². The van der Waals surface area contributed by atoms with Crippen molar-refractivity contribution in [2.45, 2.75) is 117 Å². The Kier molecular flexibility index (Phi) is 9.17. The van der Waals surface area contributed by atoms with Gasteiger partial charge in [-0.1, -0.05) is 0 Å². The van der Waals surface area contributed by atoms with Crippen molar-refractivity contribution in [2.24, 2.45) is 22.9 Å². The van der Waals surface area contributed by atoms with Crippen molar-refractivity contribution in [1.29, 1.82) is 0 Å². The Balaban J connectivity index is 1.41. The highest BCUT2D eigenvalue weighted by molar-refractivity contribution is 5.01. The molecule has 15 heteroatoms. The first-order valence-corrected chi connectivity index (χ1v) is 12.3. The normalized spacial score (nSPS) is 54.2. The van der Waals surface area contributed by atoms with Crippen LogP contribution in [0.3, 0.4) is 0 Å². The molecule has 0 spiro atoms. The average molecular weight is 526 g/mol. The first-order valence-electron chi connectivity index (χ1n) is 12.3. The maximum Gasteiger partial charge on any atom is 0.179 e. The lowest BCUT2D eigenvalue weighted by atomic mass is 9.85. The van der Waals surface area contributed by atoms with Crippen LogP contribution in [-0.4, -0.2) is 132 Å². The van der Waals surface area contributed by atoms with Crippen LogP contribution in [0.1, 0.15) is 19.3 Å². The third kappa shape index (κ3) is 5.55. The third-order valence-electron chi connectivity index (χ3n) is 7.59. The molecule has 0 radical (unpaired) electrons. The topological polar surface area (TPSA) is 243 Å². The molecule has 3 saturated heterocycles. The molecule has 0 amide bonds. The number of fused-ring (bicyclic) bond motifs is 1. The van der Waals surface area contributed by atoms with Crippen molar-refractivity contribution in [3.8, 4) is 0 Å². The molecule has 11 unspecified atom stereocenters. The molecule has 4 rings (SSSR count). The SMILES string of the molecule is CNC1C(OC2CC(O)[C@H](N)C(CO)O2)O[C@H]2CC(N)[C@@H](O[C@@H]3C(N)CC(N)[C@@H](O)C3F)OC2C1O. The number of halogens is 1. The Labute approximate surface area is 208 Å². The van der Waals surface area contributed by atoms with E-state index in [0.717, 1.165) is 0 Å². The molecule has 0 aromatic rings. The molecular formula is C21H40FN5O9. The maximum absolute atomic E-state index is 14.7. The number of nitrogens with one attached hydrogen (secondary N) is 1. The molecule has 36 heavy (non-hydrogen) atoms. The lowest BCUT2D eigenvalue weighted by Gasteiger charge is -2.51. The second-order valence-corrected chi connectivity index (χ2v) is 10.1. The van der Waals surface area contributed by atoms with Crippen LogP contribution in [0.15, 0.2) is 0 Å². The fourth-order valence-corrected chi connectivity index (χ4v) is 5.40. The van der Waals surface area contributed by atoms with Crippen LogP contribution in [0, 0.1) is 0 Å². The summed E-state index contributed by atoms with van der Waals surface area (Å²) >= 11 is 0. The van der Waals surface area contributed by atoms with E-state index in [1.807, 2.05) is 0 Å². The second-order valence-electron chi connectivity index (χ2n) is 10.1. The van der Waals surface area contributed by atoms with Crippen molar-refractivity contribution in [1.82, 2.24) is 5.32 Å². The van der Waals surface area contributed by atoms with Crippen LogP contribution in [0.2, 0.25) is 0 Å². The summed E-state index contributed by atoms with van der Waals surface area (Å²) in [6, 6.07) is -3.89.